The summed E-state index contributed by atoms with van der Waals surface area (Å²) in [6.45, 7) is 6.38. The standard InChI is InChI=1S/C24H25N3O3/c1-4-21(23(28)27-14-13-17-7-5-6-8-20(17)27)30-24(29)19-11-9-18(10-12-19)22-25-15(2)16(3)26-22/h5-12,21H,4,13-14H2,1-3H3,(H,25,26). The van der Waals surface area contributed by atoms with Gasteiger partial charge in [-0.3, -0.25) is 4.79 Å². The zero-order valence-corrected chi connectivity index (χ0v) is 17.4. The lowest BCUT2D eigenvalue weighted by molar-refractivity contribution is -0.127. The van der Waals surface area contributed by atoms with E-state index in [-0.39, 0.29) is 5.91 Å². The Balaban J connectivity index is 1.46. The highest BCUT2D eigenvalue weighted by Gasteiger charge is 2.31. The molecule has 4 rings (SSSR count). The van der Waals surface area contributed by atoms with E-state index in [1.165, 1.54) is 0 Å². The van der Waals surface area contributed by atoms with Crippen molar-refractivity contribution < 1.29 is 14.3 Å². The van der Waals surface area contributed by atoms with Crippen molar-refractivity contribution in [2.45, 2.75) is 39.7 Å². The third-order valence-corrected chi connectivity index (χ3v) is 5.57. The number of nitrogens with one attached hydrogen (secondary N) is 1. The first kappa shape index (κ1) is 19.9. The summed E-state index contributed by atoms with van der Waals surface area (Å²) >= 11 is 0. The average molecular weight is 403 g/mol. The highest BCUT2D eigenvalue weighted by atomic mass is 16.5. The molecule has 3 aromatic rings. The summed E-state index contributed by atoms with van der Waals surface area (Å²) < 4.78 is 5.59. The van der Waals surface area contributed by atoms with Crippen LogP contribution in [0.1, 0.15) is 40.7 Å². The molecule has 1 aromatic heterocycles. The Morgan fingerprint density at radius 2 is 1.87 bits per heavy atom. The molecule has 1 amide bonds. The number of nitrogens with zero attached hydrogens (tertiary/aromatic N) is 2. The van der Waals surface area contributed by atoms with Crippen LogP contribution >= 0.6 is 0 Å². The molecule has 0 saturated heterocycles. The average Bonchev–Trinajstić information content (AvgIpc) is 3.34. The lowest BCUT2D eigenvalue weighted by Gasteiger charge is -2.23. The number of anilines is 1. The first-order valence-corrected chi connectivity index (χ1v) is 10.2. The number of benzene rings is 2. The Bertz CT molecular complexity index is 1070. The molecule has 6 nitrogen and oxygen atoms in total. The fourth-order valence-electron chi connectivity index (χ4n) is 3.70. The molecular weight excluding hydrogens is 378 g/mol. The molecule has 0 spiro atoms. The normalized spacial score (nSPS) is 13.8. The maximum absolute atomic E-state index is 13.0. The number of ether oxygens (including phenoxy) is 1. The van der Waals surface area contributed by atoms with Gasteiger partial charge in [0.15, 0.2) is 6.10 Å². The number of fused-ring (bicyclic) bond motifs is 1. The largest absolute Gasteiger partial charge is 0.449 e. The van der Waals surface area contributed by atoms with Crippen molar-refractivity contribution in [2.24, 2.45) is 0 Å². The summed E-state index contributed by atoms with van der Waals surface area (Å²) in [5.41, 5.74) is 5.31. The number of carbonyl (C=O) groups excluding carboxylic acids is 2. The first-order chi connectivity index (χ1) is 14.5. The smallest absolute Gasteiger partial charge is 0.338 e. The van der Waals surface area contributed by atoms with E-state index in [0.717, 1.165) is 40.4 Å². The minimum absolute atomic E-state index is 0.172. The Hall–Kier alpha value is -3.41. The van der Waals surface area contributed by atoms with E-state index >= 15 is 0 Å². The molecule has 0 radical (unpaired) electrons. The fraction of sp³-hybridized carbons (Fsp3) is 0.292. The van der Waals surface area contributed by atoms with E-state index < -0.39 is 12.1 Å². The van der Waals surface area contributed by atoms with Crippen LogP contribution in [0.25, 0.3) is 11.4 Å². The number of H-pyrrole nitrogens is 1. The van der Waals surface area contributed by atoms with Crippen molar-refractivity contribution in [3.8, 4) is 11.4 Å². The van der Waals surface area contributed by atoms with Gasteiger partial charge in [-0.25, -0.2) is 9.78 Å². The van der Waals surface area contributed by atoms with Crippen molar-refractivity contribution in [3.63, 3.8) is 0 Å². The van der Waals surface area contributed by atoms with Gasteiger partial charge in [0.05, 0.1) is 11.3 Å². The summed E-state index contributed by atoms with van der Waals surface area (Å²) in [5, 5.41) is 0. The Labute approximate surface area is 175 Å². The number of rotatable bonds is 5. The number of imidazole rings is 1. The van der Waals surface area contributed by atoms with Crippen LogP contribution in [0.4, 0.5) is 5.69 Å². The van der Waals surface area contributed by atoms with Gasteiger partial charge in [-0.15, -0.1) is 0 Å². The second-order valence-corrected chi connectivity index (χ2v) is 7.54. The van der Waals surface area contributed by atoms with Crippen LogP contribution in [0.5, 0.6) is 0 Å². The second-order valence-electron chi connectivity index (χ2n) is 7.54. The van der Waals surface area contributed by atoms with Gasteiger partial charge in [0.1, 0.15) is 5.82 Å². The molecule has 30 heavy (non-hydrogen) atoms. The Kier molecular flexibility index (Phi) is 5.40. The molecule has 1 aliphatic heterocycles. The minimum Gasteiger partial charge on any atom is -0.449 e. The number of carbonyl (C=O) groups is 2. The van der Waals surface area contributed by atoms with E-state index in [4.69, 9.17) is 4.74 Å². The van der Waals surface area contributed by atoms with Crippen molar-refractivity contribution in [3.05, 3.63) is 71.0 Å². The van der Waals surface area contributed by atoms with Crippen molar-refractivity contribution >= 4 is 17.6 Å². The van der Waals surface area contributed by atoms with E-state index in [1.54, 1.807) is 17.0 Å². The molecule has 1 aliphatic rings. The molecule has 0 saturated carbocycles. The second kappa shape index (κ2) is 8.14. The molecule has 1 N–H and O–H groups in total. The van der Waals surface area contributed by atoms with Crippen molar-refractivity contribution in [1.29, 1.82) is 0 Å². The number of aryl methyl sites for hydroxylation is 2. The maximum Gasteiger partial charge on any atom is 0.338 e. The molecule has 1 unspecified atom stereocenters. The number of hydrogen-bond acceptors (Lipinski definition) is 4. The van der Waals surface area contributed by atoms with Gasteiger partial charge in [-0.2, -0.15) is 0 Å². The van der Waals surface area contributed by atoms with Crippen LogP contribution in [0, 0.1) is 13.8 Å². The van der Waals surface area contributed by atoms with Gasteiger partial charge in [0, 0.05) is 23.5 Å². The Morgan fingerprint density at radius 3 is 2.53 bits per heavy atom. The van der Waals surface area contributed by atoms with Gasteiger partial charge in [-0.1, -0.05) is 37.3 Å². The van der Waals surface area contributed by atoms with Gasteiger partial charge in [0.25, 0.3) is 5.91 Å². The van der Waals surface area contributed by atoms with Crippen LogP contribution in [0.15, 0.2) is 48.5 Å². The van der Waals surface area contributed by atoms with Crippen molar-refractivity contribution in [2.75, 3.05) is 11.4 Å². The molecule has 6 heteroatoms. The molecule has 0 aliphatic carbocycles. The highest BCUT2D eigenvalue weighted by molar-refractivity contribution is 6.00. The fourth-order valence-corrected chi connectivity index (χ4v) is 3.70. The molecule has 0 fully saturated rings. The van der Waals surface area contributed by atoms with Gasteiger partial charge < -0.3 is 14.6 Å². The highest BCUT2D eigenvalue weighted by Crippen LogP contribution is 2.29. The maximum atomic E-state index is 13.0. The number of amides is 1. The van der Waals surface area contributed by atoms with Gasteiger partial charge >= 0.3 is 5.97 Å². The molecule has 1 atom stereocenters. The number of aromatic nitrogens is 2. The summed E-state index contributed by atoms with van der Waals surface area (Å²) in [6.07, 6.45) is 0.435. The van der Waals surface area contributed by atoms with E-state index in [9.17, 15) is 9.59 Å². The van der Waals surface area contributed by atoms with E-state index in [2.05, 4.69) is 9.97 Å². The number of hydrogen-bond donors (Lipinski definition) is 1. The number of para-hydroxylation sites is 1. The minimum atomic E-state index is -0.807. The SMILES string of the molecule is CCC(OC(=O)c1ccc(-c2nc(C)c(C)[nH]2)cc1)C(=O)N1CCc2ccccc21. The topological polar surface area (TPSA) is 75.3 Å². The van der Waals surface area contributed by atoms with Crippen LogP contribution in [0.3, 0.4) is 0 Å². The number of aromatic amines is 1. The van der Waals surface area contributed by atoms with Crippen LogP contribution < -0.4 is 4.90 Å². The molecule has 2 aromatic carbocycles. The zero-order valence-electron chi connectivity index (χ0n) is 17.4. The Morgan fingerprint density at radius 1 is 1.13 bits per heavy atom. The summed E-state index contributed by atoms with van der Waals surface area (Å²) in [5.74, 6) is 0.0919. The van der Waals surface area contributed by atoms with E-state index in [0.29, 0.717) is 18.5 Å². The quantitative estimate of drug-likeness (QED) is 0.647. The number of esters is 1. The molecule has 154 valence electrons. The third-order valence-electron chi connectivity index (χ3n) is 5.57. The zero-order chi connectivity index (χ0) is 21.3. The predicted octanol–water partition coefficient (Wildman–Crippen LogP) is 4.22. The molecule has 0 bridgehead atoms. The predicted molar refractivity (Wildman–Crippen MR) is 115 cm³/mol. The summed E-state index contributed by atoms with van der Waals surface area (Å²) in [6, 6.07) is 14.9. The van der Waals surface area contributed by atoms with E-state index in [1.807, 2.05) is 57.2 Å². The van der Waals surface area contributed by atoms with Crippen LogP contribution in [-0.2, 0) is 16.0 Å². The first-order valence-electron chi connectivity index (χ1n) is 10.2. The summed E-state index contributed by atoms with van der Waals surface area (Å²) in [4.78, 5) is 35.1. The third kappa shape index (κ3) is 3.73. The van der Waals surface area contributed by atoms with Crippen LogP contribution in [0.2, 0.25) is 0 Å². The molecule has 2 heterocycles. The van der Waals surface area contributed by atoms with Crippen molar-refractivity contribution in [1.82, 2.24) is 9.97 Å². The monoisotopic (exact) mass is 403 g/mol. The molecular formula is C24H25N3O3. The summed E-state index contributed by atoms with van der Waals surface area (Å²) in [7, 11) is 0. The van der Waals surface area contributed by atoms with Crippen LogP contribution in [-0.4, -0.2) is 34.5 Å². The lowest BCUT2D eigenvalue weighted by atomic mass is 10.1. The lowest BCUT2D eigenvalue weighted by Crippen LogP contribution is -2.40. The van der Waals surface area contributed by atoms with Gasteiger partial charge in [-0.05, 0) is 50.5 Å². The van der Waals surface area contributed by atoms with Gasteiger partial charge in [0.2, 0.25) is 0 Å².